The van der Waals surface area contributed by atoms with Crippen LogP contribution in [0.4, 0.5) is 17.1 Å². The molecule has 15 nitrogen and oxygen atoms in total. The Bertz CT molecular complexity index is 2050. The first kappa shape index (κ1) is 37.2. The van der Waals surface area contributed by atoms with Gasteiger partial charge in [0.15, 0.2) is 46.8 Å². The van der Waals surface area contributed by atoms with Gasteiger partial charge in [0.1, 0.15) is 5.69 Å². The quantitative estimate of drug-likeness (QED) is 0.145. The molecular weight excluding hydrogens is 870 g/mol. The first-order valence-electron chi connectivity index (χ1n) is 12.2. The lowest BCUT2D eigenvalue weighted by atomic mass is 10.2. The molecule has 3 aromatic rings. The van der Waals surface area contributed by atoms with Crippen molar-refractivity contribution >= 4 is 112 Å². The summed E-state index contributed by atoms with van der Waals surface area (Å²) in [6, 6.07) is 9.88. The summed E-state index contributed by atoms with van der Waals surface area (Å²) in [7, 11) is -12.7. The maximum absolute atomic E-state index is 12.8. The normalized spacial score (nSPS) is 11.9. The van der Waals surface area contributed by atoms with Crippen molar-refractivity contribution in [2.75, 3.05) is 33.2 Å². The molecule has 0 aliphatic heterocycles. The third kappa shape index (κ3) is 9.18. The number of sulfone groups is 3. The Balaban J connectivity index is 2.17. The van der Waals surface area contributed by atoms with E-state index in [4.69, 9.17) is 15.3 Å². The van der Waals surface area contributed by atoms with Gasteiger partial charge in [0, 0.05) is 13.4 Å². The zero-order valence-electron chi connectivity index (χ0n) is 23.1. The highest BCUT2D eigenvalue weighted by atomic mass is 79.9. The summed E-state index contributed by atoms with van der Waals surface area (Å²) in [6.07, 6.45) is 0. The Labute approximate surface area is 287 Å². The number of hydrazine groups is 2. The van der Waals surface area contributed by atoms with Crippen LogP contribution in [0.15, 0.2) is 76.6 Å². The first-order chi connectivity index (χ1) is 21.1. The minimum Gasteiger partial charge on any atom is -0.480 e. The highest BCUT2D eigenvalue weighted by molar-refractivity contribution is 9.11. The molecule has 0 atom stereocenters. The standard InChI is InChI=1S/C25H22Br3N3O12S3/c1-13-2-3-14(6-21(13)46(42,43)12-24(36)37)29-31(25-18(27)8-16(9-19(25)28)45(40,41)11-23(34)35)30-20-5-4-15(7-17(20)26)44(38,39)10-22(32)33/h2-9,29-30H,10-12H2,1H3,(H,32,33)(H,34,35)(H,36,37). The van der Waals surface area contributed by atoms with E-state index in [0.29, 0.717) is 0 Å². The second-order valence-corrected chi connectivity index (χ2v) is 17.9. The monoisotopic (exact) mass is 889 g/mol. The van der Waals surface area contributed by atoms with E-state index in [0.717, 1.165) is 24.3 Å². The predicted molar refractivity (Wildman–Crippen MR) is 176 cm³/mol. The van der Waals surface area contributed by atoms with Crippen LogP contribution in [0.3, 0.4) is 0 Å². The summed E-state index contributed by atoms with van der Waals surface area (Å²) in [4.78, 5) is 32.4. The number of carboxylic acids is 3. The molecule has 0 fully saturated rings. The van der Waals surface area contributed by atoms with Gasteiger partial charge in [-0.05, 0) is 103 Å². The van der Waals surface area contributed by atoms with Gasteiger partial charge < -0.3 is 15.3 Å². The number of nitrogens with zero attached hydrogens (tertiary/aromatic N) is 1. The Kier molecular flexibility index (Phi) is 11.5. The number of carbonyl (C=O) groups is 3. The number of anilines is 3. The Morgan fingerprint density at radius 1 is 0.652 bits per heavy atom. The van der Waals surface area contributed by atoms with E-state index >= 15 is 0 Å². The smallest absolute Gasteiger partial charge is 0.319 e. The second-order valence-electron chi connectivity index (χ2n) is 9.37. The van der Waals surface area contributed by atoms with Gasteiger partial charge in [-0.25, -0.2) is 25.3 Å². The molecule has 0 saturated carbocycles. The van der Waals surface area contributed by atoms with Crippen molar-refractivity contribution in [1.82, 2.24) is 0 Å². The lowest BCUT2D eigenvalue weighted by Gasteiger charge is -2.30. The summed E-state index contributed by atoms with van der Waals surface area (Å²) < 4.78 is 75.9. The van der Waals surface area contributed by atoms with Gasteiger partial charge >= 0.3 is 17.9 Å². The van der Waals surface area contributed by atoms with Crippen LogP contribution >= 0.6 is 47.8 Å². The van der Waals surface area contributed by atoms with Gasteiger partial charge in [-0.2, -0.15) is 5.12 Å². The first-order valence-corrected chi connectivity index (χ1v) is 19.5. The topological polar surface area (TPSA) is 242 Å². The molecule has 3 rings (SSSR count). The number of aryl methyl sites for hydroxylation is 1. The van der Waals surface area contributed by atoms with E-state index in [-0.39, 0.29) is 50.7 Å². The van der Waals surface area contributed by atoms with Crippen LogP contribution in [0.5, 0.6) is 0 Å². The van der Waals surface area contributed by atoms with Crippen molar-refractivity contribution in [3.05, 3.63) is 67.5 Å². The van der Waals surface area contributed by atoms with Crippen molar-refractivity contribution in [2.24, 2.45) is 0 Å². The number of nitrogens with one attached hydrogen (secondary N) is 2. The summed E-state index contributed by atoms with van der Waals surface area (Å²) in [5.74, 6) is -8.21. The molecule has 0 heterocycles. The van der Waals surface area contributed by atoms with Crippen LogP contribution in [0, 0.1) is 6.92 Å². The molecular formula is C25H22Br3N3O12S3. The molecule has 0 amide bonds. The van der Waals surface area contributed by atoms with Crippen LogP contribution in [0.1, 0.15) is 5.56 Å². The molecule has 46 heavy (non-hydrogen) atoms. The molecule has 0 saturated heterocycles. The molecule has 5 N–H and O–H groups in total. The molecule has 0 spiro atoms. The number of hydrogen-bond acceptors (Lipinski definition) is 12. The fourth-order valence-electron chi connectivity index (χ4n) is 3.84. The van der Waals surface area contributed by atoms with Gasteiger partial charge in [-0.1, -0.05) is 6.07 Å². The van der Waals surface area contributed by atoms with E-state index < -0.39 is 64.7 Å². The lowest BCUT2D eigenvalue weighted by Crippen LogP contribution is -2.36. The fraction of sp³-hybridized carbons (Fsp3) is 0.160. The number of carboxylic acid groups (broad SMARTS) is 3. The lowest BCUT2D eigenvalue weighted by molar-refractivity contribution is -0.135. The predicted octanol–water partition coefficient (Wildman–Crippen LogP) is 3.72. The van der Waals surface area contributed by atoms with Crippen molar-refractivity contribution < 1.29 is 55.0 Å². The van der Waals surface area contributed by atoms with Crippen LogP contribution < -0.4 is 16.0 Å². The molecule has 0 aliphatic rings. The van der Waals surface area contributed by atoms with Crippen molar-refractivity contribution in [1.29, 1.82) is 0 Å². The largest absolute Gasteiger partial charge is 0.480 e. The van der Waals surface area contributed by atoms with Crippen molar-refractivity contribution in [3.63, 3.8) is 0 Å². The van der Waals surface area contributed by atoms with E-state index in [9.17, 15) is 39.6 Å². The van der Waals surface area contributed by atoms with E-state index in [1.54, 1.807) is 0 Å². The zero-order valence-corrected chi connectivity index (χ0v) is 30.3. The molecule has 0 radical (unpaired) electrons. The molecule has 21 heteroatoms. The number of halogens is 3. The molecule has 248 valence electrons. The Hall–Kier alpha value is -3.24. The van der Waals surface area contributed by atoms with Gasteiger partial charge in [-0.3, -0.25) is 25.2 Å². The third-order valence-corrected chi connectivity index (χ3v) is 12.6. The van der Waals surface area contributed by atoms with Gasteiger partial charge in [-0.15, -0.1) is 0 Å². The molecule has 0 bridgehead atoms. The summed E-state index contributed by atoms with van der Waals surface area (Å²) in [6.45, 7) is 1.47. The van der Waals surface area contributed by atoms with Crippen LogP contribution in [0.2, 0.25) is 0 Å². The minimum absolute atomic E-state index is 0.0773. The SMILES string of the molecule is Cc1ccc(NN(Nc2ccc(S(=O)(=O)CC(=O)O)cc2Br)c2c(Br)cc(S(=O)(=O)CC(=O)O)cc2Br)cc1S(=O)(=O)CC(=O)O. The van der Waals surface area contributed by atoms with Crippen LogP contribution in [-0.4, -0.2) is 75.7 Å². The summed E-state index contributed by atoms with van der Waals surface area (Å²) in [5.41, 5.74) is 6.47. The molecule has 0 unspecified atom stereocenters. The summed E-state index contributed by atoms with van der Waals surface area (Å²) in [5, 5.41) is 28.2. The van der Waals surface area contributed by atoms with E-state index in [1.165, 1.54) is 36.3 Å². The third-order valence-electron chi connectivity index (χ3n) is 5.81. The van der Waals surface area contributed by atoms with Crippen LogP contribution in [0.25, 0.3) is 0 Å². The average Bonchev–Trinajstić information content (AvgIpc) is 2.88. The van der Waals surface area contributed by atoms with Gasteiger partial charge in [0.2, 0.25) is 0 Å². The number of aliphatic carboxylic acids is 3. The van der Waals surface area contributed by atoms with E-state index in [1.807, 2.05) is 0 Å². The maximum Gasteiger partial charge on any atom is 0.319 e. The van der Waals surface area contributed by atoms with E-state index in [2.05, 4.69) is 58.6 Å². The fourth-order valence-corrected chi connectivity index (χ4v) is 9.80. The molecule has 0 aromatic heterocycles. The summed E-state index contributed by atoms with van der Waals surface area (Å²) >= 11 is 9.79. The minimum atomic E-state index is -4.28. The Morgan fingerprint density at radius 3 is 1.63 bits per heavy atom. The van der Waals surface area contributed by atoms with Crippen molar-refractivity contribution in [3.8, 4) is 0 Å². The molecule has 0 aliphatic carbocycles. The number of benzene rings is 3. The Morgan fingerprint density at radius 2 is 1.13 bits per heavy atom. The zero-order chi connectivity index (χ0) is 34.8. The highest BCUT2D eigenvalue weighted by Gasteiger charge is 2.26. The maximum atomic E-state index is 12.8. The molecule has 3 aromatic carbocycles. The second kappa shape index (κ2) is 14.3. The number of hydrogen-bond donors (Lipinski definition) is 5. The van der Waals surface area contributed by atoms with Crippen LogP contribution in [-0.2, 0) is 43.9 Å². The van der Waals surface area contributed by atoms with Crippen molar-refractivity contribution in [2.45, 2.75) is 21.6 Å². The number of rotatable bonds is 14. The average molecular weight is 892 g/mol. The van der Waals surface area contributed by atoms with Gasteiger partial charge in [0.05, 0.1) is 26.1 Å². The van der Waals surface area contributed by atoms with Gasteiger partial charge in [0.25, 0.3) is 0 Å². The highest BCUT2D eigenvalue weighted by Crippen LogP contribution is 2.39.